The van der Waals surface area contributed by atoms with E-state index in [1.807, 2.05) is 0 Å². The minimum atomic E-state index is -1.47. The number of aromatic amines is 1. The fraction of sp³-hybridized carbons (Fsp3) is 0.550. The smallest absolute Gasteiger partial charge is 0.326 e. The van der Waals surface area contributed by atoms with Crippen LogP contribution < -0.4 is 48.7 Å². The van der Waals surface area contributed by atoms with E-state index in [9.17, 15) is 53.1 Å². The maximum Gasteiger partial charge on any atom is 0.326 e. The number of aliphatic carboxylic acids is 1. The fourth-order valence-electron chi connectivity index (χ4n) is 6.69. The molecule has 1 aliphatic heterocycles. The lowest BCUT2D eigenvalue weighted by Crippen LogP contribution is -2.59. The summed E-state index contributed by atoms with van der Waals surface area (Å²) in [5.41, 5.74) is 12.1. The number of carboxylic acid groups (broad SMARTS) is 1. The molecule has 8 atom stereocenters. The van der Waals surface area contributed by atoms with Gasteiger partial charge in [-0.25, -0.2) is 4.79 Å². The van der Waals surface area contributed by atoms with Crippen molar-refractivity contribution in [2.24, 2.45) is 17.4 Å². The van der Waals surface area contributed by atoms with Gasteiger partial charge in [-0.15, -0.1) is 0 Å². The van der Waals surface area contributed by atoms with E-state index in [0.29, 0.717) is 12.0 Å². The molecule has 2 aromatic rings. The van der Waals surface area contributed by atoms with Gasteiger partial charge in [-0.3, -0.25) is 43.2 Å². The van der Waals surface area contributed by atoms with Gasteiger partial charge in [-0.1, -0.05) is 32.0 Å². The van der Waals surface area contributed by atoms with Crippen molar-refractivity contribution in [1.82, 2.24) is 47.1 Å². The van der Waals surface area contributed by atoms with Gasteiger partial charge < -0.3 is 68.8 Å². The third kappa shape index (κ3) is 14.8. The predicted octanol–water partition coefficient (Wildman–Crippen LogP) is -3.89. The summed E-state index contributed by atoms with van der Waals surface area (Å²) in [5, 5.41) is 36.4. The maximum atomic E-state index is 14.1. The molecule has 0 saturated carbocycles. The van der Waals surface area contributed by atoms with Crippen LogP contribution in [-0.2, 0) is 54.4 Å². The molecule has 1 fully saturated rings. The lowest BCUT2D eigenvalue weighted by Gasteiger charge is -2.29. The second kappa shape index (κ2) is 23.6. The van der Waals surface area contributed by atoms with E-state index in [4.69, 9.17) is 16.6 Å². The van der Waals surface area contributed by atoms with E-state index in [-0.39, 0.29) is 32.2 Å². The van der Waals surface area contributed by atoms with Gasteiger partial charge in [0.2, 0.25) is 53.2 Å². The summed E-state index contributed by atoms with van der Waals surface area (Å²) in [6.45, 7) is 6.22. The molecule has 9 amide bonds. The van der Waals surface area contributed by atoms with Gasteiger partial charge in [0.25, 0.3) is 0 Å². The number of aliphatic hydroxyl groups is 1. The van der Waals surface area contributed by atoms with E-state index >= 15 is 0 Å². The number of H-pyrrole nitrogens is 1. The SMILES string of the molecule is CC(C)[C@H](NC(=O)[C@@H]1CCCN1C(=O)[C@H](C)NC(=O)[C@H](Cc1c[nH]c2ccccc12)NC(=O)[C@H](CCC(N)=O)NC(=O)[C@H](C)NC(=O)[C@H](C)NC(=O)CNC(=O)[C@@H](N)CO)C(=O)O. The molecule has 3 rings (SSSR count). The molecule has 1 aromatic heterocycles. The van der Waals surface area contributed by atoms with Crippen molar-refractivity contribution in [2.45, 2.75) is 115 Å². The highest BCUT2D eigenvalue weighted by atomic mass is 16.4. The third-order valence-electron chi connectivity index (χ3n) is 10.3. The van der Waals surface area contributed by atoms with Crippen LogP contribution in [0, 0.1) is 5.92 Å². The fourth-order valence-corrected chi connectivity index (χ4v) is 6.69. The van der Waals surface area contributed by atoms with Crippen LogP contribution in [0.25, 0.3) is 10.9 Å². The number of nitrogens with zero attached hydrogens (tertiary/aromatic N) is 1. The molecule has 1 aromatic carbocycles. The number of carbonyl (C=O) groups is 10. The highest BCUT2D eigenvalue weighted by Crippen LogP contribution is 2.21. The summed E-state index contributed by atoms with van der Waals surface area (Å²) < 4.78 is 0. The second-order valence-electron chi connectivity index (χ2n) is 15.7. The van der Waals surface area contributed by atoms with Crippen molar-refractivity contribution in [3.05, 3.63) is 36.0 Å². The largest absolute Gasteiger partial charge is 0.480 e. The number of fused-ring (bicyclic) bond motifs is 1. The Morgan fingerprint density at radius 1 is 0.794 bits per heavy atom. The molecule has 0 spiro atoms. The van der Waals surface area contributed by atoms with Crippen molar-refractivity contribution >= 4 is 70.0 Å². The number of hydrogen-bond donors (Lipinski definition) is 12. The Balaban J connectivity index is 1.77. The summed E-state index contributed by atoms with van der Waals surface area (Å²) in [6.07, 6.45) is 1.55. The third-order valence-corrected chi connectivity index (χ3v) is 10.3. The molecule has 1 aliphatic rings. The van der Waals surface area contributed by atoms with Gasteiger partial charge in [-0.2, -0.15) is 0 Å². The molecule has 0 radical (unpaired) electrons. The van der Waals surface area contributed by atoms with Crippen molar-refractivity contribution in [3.8, 4) is 0 Å². The first kappa shape index (κ1) is 50.7. The number of primary amides is 1. The number of hydrogen-bond acceptors (Lipinski definition) is 12. The number of aliphatic hydroxyl groups excluding tert-OH is 1. The zero-order valence-corrected chi connectivity index (χ0v) is 35.8. The van der Waals surface area contributed by atoms with Crippen LogP contribution in [0.15, 0.2) is 30.5 Å². The average Bonchev–Trinajstić information content (AvgIpc) is 3.89. The van der Waals surface area contributed by atoms with Gasteiger partial charge in [0.05, 0.1) is 13.2 Å². The summed E-state index contributed by atoms with van der Waals surface area (Å²) >= 11 is 0. The first-order valence-corrected chi connectivity index (χ1v) is 20.5. The lowest BCUT2D eigenvalue weighted by atomic mass is 10.0. The summed E-state index contributed by atoms with van der Waals surface area (Å²) in [5.74, 6) is -8.74. The van der Waals surface area contributed by atoms with Crippen LogP contribution in [0.4, 0.5) is 0 Å². The number of carboxylic acids is 1. The lowest BCUT2D eigenvalue weighted by molar-refractivity contribution is -0.145. The van der Waals surface area contributed by atoms with Crippen LogP contribution >= 0.6 is 0 Å². The number of nitrogens with one attached hydrogen (secondary N) is 8. The number of carbonyl (C=O) groups excluding carboxylic acids is 9. The van der Waals surface area contributed by atoms with Gasteiger partial charge in [0.1, 0.15) is 48.3 Å². The number of rotatable bonds is 23. The second-order valence-corrected chi connectivity index (χ2v) is 15.7. The molecule has 23 nitrogen and oxygen atoms in total. The summed E-state index contributed by atoms with van der Waals surface area (Å²) in [6, 6.07) is -2.85. The molecule has 1 saturated heterocycles. The Morgan fingerprint density at radius 2 is 1.40 bits per heavy atom. The molecular formula is C40H59N11O12. The molecule has 346 valence electrons. The Hall–Kier alpha value is -6.62. The van der Waals surface area contributed by atoms with Crippen molar-refractivity contribution in [3.63, 3.8) is 0 Å². The Kier molecular flexibility index (Phi) is 19.0. The van der Waals surface area contributed by atoms with E-state index in [0.717, 1.165) is 10.9 Å². The first-order chi connectivity index (χ1) is 29.6. The zero-order chi connectivity index (χ0) is 47.1. The van der Waals surface area contributed by atoms with Crippen molar-refractivity contribution < 1.29 is 58.2 Å². The Bertz CT molecular complexity index is 2020. The molecule has 23 heteroatoms. The molecule has 0 unspecified atom stereocenters. The van der Waals surface area contributed by atoms with Gasteiger partial charge in [0, 0.05) is 36.5 Å². The van der Waals surface area contributed by atoms with Crippen LogP contribution in [0.3, 0.4) is 0 Å². The highest BCUT2D eigenvalue weighted by molar-refractivity contribution is 5.98. The maximum absolute atomic E-state index is 14.1. The van der Waals surface area contributed by atoms with E-state index < -0.39 is 127 Å². The minimum absolute atomic E-state index is 0.118. The standard InChI is InChI=1S/C40H59N11O12/c1-19(2)32(40(62)63)50-38(60)29-11-8-14-51(29)39(61)22(5)47-37(59)28(15-23-16-43-26-10-7-6-9-24(23)26)49-36(58)27(12-13-30(42)53)48-34(56)21(4)46-33(55)20(3)45-31(54)17-44-35(57)25(41)18-52/h6-7,9-10,16,19-22,25,27-29,32,43,52H,8,11-15,17-18,41H2,1-5H3,(H2,42,53)(H,44,57)(H,45,54)(H,46,55)(H,47,59)(H,48,56)(H,49,58)(H,50,60)(H,62,63)/t20-,21-,22-,25-,27-,28-,29-,32-/m0/s1. The molecule has 63 heavy (non-hydrogen) atoms. The van der Waals surface area contributed by atoms with Crippen LogP contribution in [0.2, 0.25) is 0 Å². The normalized spacial score (nSPS) is 16.9. The van der Waals surface area contributed by atoms with E-state index in [1.165, 1.54) is 25.7 Å². The van der Waals surface area contributed by atoms with E-state index in [1.54, 1.807) is 44.3 Å². The number of aromatic nitrogens is 1. The number of amides is 9. The van der Waals surface area contributed by atoms with Crippen molar-refractivity contribution in [1.29, 1.82) is 0 Å². The Labute approximate surface area is 362 Å². The van der Waals surface area contributed by atoms with Gasteiger partial charge >= 0.3 is 5.97 Å². The predicted molar refractivity (Wildman–Crippen MR) is 224 cm³/mol. The van der Waals surface area contributed by atoms with Crippen LogP contribution in [-0.4, -0.2) is 147 Å². The van der Waals surface area contributed by atoms with E-state index in [2.05, 4.69) is 42.2 Å². The number of nitrogens with two attached hydrogens (primary N) is 2. The van der Waals surface area contributed by atoms with Crippen LogP contribution in [0.5, 0.6) is 0 Å². The summed E-state index contributed by atoms with van der Waals surface area (Å²) in [7, 11) is 0. The quantitative estimate of drug-likeness (QED) is 0.0509. The monoisotopic (exact) mass is 885 g/mol. The summed E-state index contributed by atoms with van der Waals surface area (Å²) in [4.78, 5) is 133. The van der Waals surface area contributed by atoms with Crippen molar-refractivity contribution in [2.75, 3.05) is 19.7 Å². The zero-order valence-electron chi connectivity index (χ0n) is 35.8. The minimum Gasteiger partial charge on any atom is -0.480 e. The number of likely N-dealkylation sites (tertiary alicyclic amines) is 1. The number of benzene rings is 1. The molecule has 14 N–H and O–H groups in total. The molecule has 2 heterocycles. The van der Waals surface area contributed by atoms with Crippen LogP contribution in [0.1, 0.15) is 65.9 Å². The molecular weight excluding hydrogens is 827 g/mol. The highest BCUT2D eigenvalue weighted by Gasteiger charge is 2.39. The van der Waals surface area contributed by atoms with Gasteiger partial charge in [-0.05, 0) is 57.6 Å². The van der Waals surface area contributed by atoms with Gasteiger partial charge in [0.15, 0.2) is 0 Å². The average molecular weight is 886 g/mol. The number of para-hydroxylation sites is 1. The molecule has 0 bridgehead atoms. The first-order valence-electron chi connectivity index (χ1n) is 20.5. The molecule has 0 aliphatic carbocycles. The Morgan fingerprint density at radius 3 is 2.03 bits per heavy atom. The topological polar surface area (TPSA) is 366 Å².